The Bertz CT molecular complexity index is 882. The van der Waals surface area contributed by atoms with E-state index in [2.05, 4.69) is 44.4 Å². The van der Waals surface area contributed by atoms with Gasteiger partial charge in [0.15, 0.2) is 0 Å². The number of hydrogen-bond donors (Lipinski definition) is 3. The smallest absolute Gasteiger partial charge is 0.267 e. The van der Waals surface area contributed by atoms with Crippen molar-refractivity contribution in [1.82, 2.24) is 20.1 Å². The molecule has 122 valence electrons. The van der Waals surface area contributed by atoms with E-state index in [0.29, 0.717) is 17.1 Å². The van der Waals surface area contributed by atoms with E-state index in [1.54, 1.807) is 12.1 Å². The van der Waals surface area contributed by atoms with Gasteiger partial charge in [0.05, 0.1) is 11.1 Å². The maximum Gasteiger partial charge on any atom is 0.267 e. The number of aromatic amines is 1. The van der Waals surface area contributed by atoms with Gasteiger partial charge in [-0.05, 0) is 37.1 Å². The minimum Gasteiger partial charge on any atom is -0.338 e. The monoisotopic (exact) mass is 340 g/mol. The average molecular weight is 341 g/mol. The molecule has 1 saturated heterocycles. The first-order valence-electron chi connectivity index (χ1n) is 7.99. The molecule has 2 heterocycles. The molecule has 1 aliphatic rings. The average Bonchev–Trinajstić information content (AvgIpc) is 3.30. The number of benzene rings is 2. The molecule has 3 N–H and O–H groups in total. The zero-order chi connectivity index (χ0) is 16.5. The Hall–Kier alpha value is -2.37. The number of halogens is 1. The zero-order valence-electron chi connectivity index (χ0n) is 13.0. The van der Waals surface area contributed by atoms with Gasteiger partial charge in [0.25, 0.3) is 5.91 Å². The second-order valence-electron chi connectivity index (χ2n) is 5.98. The fourth-order valence-electron chi connectivity index (χ4n) is 3.25. The van der Waals surface area contributed by atoms with E-state index in [0.717, 1.165) is 23.4 Å². The lowest BCUT2D eigenvalue weighted by molar-refractivity contribution is 0.0983. The van der Waals surface area contributed by atoms with Crippen LogP contribution in [0.15, 0.2) is 42.5 Å². The Morgan fingerprint density at radius 3 is 2.75 bits per heavy atom. The second kappa shape index (κ2) is 6.26. The molecule has 1 fully saturated rings. The summed E-state index contributed by atoms with van der Waals surface area (Å²) in [5, 5.41) is 3.50. The maximum absolute atomic E-state index is 11.9. The van der Waals surface area contributed by atoms with Crippen molar-refractivity contribution in [3.63, 3.8) is 0 Å². The Balaban J connectivity index is 1.70. The topological polar surface area (TPSA) is 69.8 Å². The molecule has 1 unspecified atom stereocenters. The summed E-state index contributed by atoms with van der Waals surface area (Å²) in [6, 6.07) is 14.3. The Morgan fingerprint density at radius 2 is 2.04 bits per heavy atom. The van der Waals surface area contributed by atoms with Crippen molar-refractivity contribution < 1.29 is 4.79 Å². The predicted molar refractivity (Wildman–Crippen MR) is 94.8 cm³/mol. The van der Waals surface area contributed by atoms with E-state index >= 15 is 0 Å². The van der Waals surface area contributed by atoms with Crippen molar-refractivity contribution in [3.8, 4) is 11.4 Å². The van der Waals surface area contributed by atoms with Gasteiger partial charge in [-0.3, -0.25) is 9.63 Å². The largest absolute Gasteiger partial charge is 0.338 e. The predicted octanol–water partition coefficient (Wildman–Crippen LogP) is 3.54. The molecule has 6 heteroatoms. The van der Waals surface area contributed by atoms with Gasteiger partial charge < -0.3 is 10.3 Å². The lowest BCUT2D eigenvalue weighted by Crippen LogP contribution is -2.12. The first-order valence-corrected chi connectivity index (χ1v) is 8.37. The van der Waals surface area contributed by atoms with E-state index in [4.69, 9.17) is 11.8 Å². The molecule has 0 aliphatic carbocycles. The molecule has 1 aliphatic heterocycles. The van der Waals surface area contributed by atoms with E-state index < -0.39 is 0 Å². The van der Waals surface area contributed by atoms with Crippen LogP contribution >= 0.6 is 11.8 Å². The van der Waals surface area contributed by atoms with E-state index in [-0.39, 0.29) is 5.91 Å². The van der Waals surface area contributed by atoms with Gasteiger partial charge in [-0.15, -0.1) is 0 Å². The van der Waals surface area contributed by atoms with Crippen LogP contribution in [0.5, 0.6) is 0 Å². The summed E-state index contributed by atoms with van der Waals surface area (Å²) in [4.78, 5) is 21.9. The van der Waals surface area contributed by atoms with Gasteiger partial charge >= 0.3 is 0 Å². The lowest BCUT2D eigenvalue weighted by atomic mass is 10.0. The number of imidazole rings is 1. The highest BCUT2D eigenvalue weighted by atomic mass is 35.5. The SMILES string of the molecule is O=C(NCl)c1cccc2[nH]c(-c3ccc(C4CCCN4)cc3)nc12. The third-order valence-electron chi connectivity index (χ3n) is 4.49. The van der Waals surface area contributed by atoms with Gasteiger partial charge in [0.2, 0.25) is 0 Å². The van der Waals surface area contributed by atoms with Gasteiger partial charge in [-0.1, -0.05) is 30.3 Å². The van der Waals surface area contributed by atoms with Crippen LogP contribution in [-0.2, 0) is 0 Å². The summed E-state index contributed by atoms with van der Waals surface area (Å²) in [6.45, 7) is 1.08. The van der Waals surface area contributed by atoms with Gasteiger partial charge in [-0.25, -0.2) is 4.98 Å². The van der Waals surface area contributed by atoms with E-state index in [1.807, 2.05) is 6.07 Å². The van der Waals surface area contributed by atoms with Gasteiger partial charge in [0.1, 0.15) is 11.3 Å². The number of hydrogen-bond acceptors (Lipinski definition) is 3. The lowest BCUT2D eigenvalue weighted by Gasteiger charge is -2.10. The normalized spacial score (nSPS) is 17.3. The fraction of sp³-hybridized carbons (Fsp3) is 0.222. The number of nitrogens with one attached hydrogen (secondary N) is 3. The number of rotatable bonds is 3. The third kappa shape index (κ3) is 2.66. The number of fused-ring (bicyclic) bond motifs is 1. The van der Waals surface area contributed by atoms with Crippen LogP contribution in [-0.4, -0.2) is 22.4 Å². The molecular formula is C18H17ClN4O. The Kier molecular flexibility index (Phi) is 3.96. The minimum atomic E-state index is -0.358. The van der Waals surface area contributed by atoms with Gasteiger partial charge in [0, 0.05) is 23.4 Å². The zero-order valence-corrected chi connectivity index (χ0v) is 13.7. The second-order valence-corrected chi connectivity index (χ2v) is 6.17. The van der Waals surface area contributed by atoms with Crippen molar-refractivity contribution >= 4 is 28.7 Å². The number of carbonyl (C=O) groups excluding carboxylic acids is 1. The van der Waals surface area contributed by atoms with Crippen LogP contribution < -0.4 is 10.2 Å². The van der Waals surface area contributed by atoms with E-state index in [9.17, 15) is 4.79 Å². The molecule has 24 heavy (non-hydrogen) atoms. The molecule has 0 bridgehead atoms. The third-order valence-corrected chi connectivity index (χ3v) is 4.66. The summed E-state index contributed by atoms with van der Waals surface area (Å²) < 4.78 is 0. The summed E-state index contributed by atoms with van der Waals surface area (Å²) in [7, 11) is 0. The molecule has 0 radical (unpaired) electrons. The van der Waals surface area contributed by atoms with Crippen molar-refractivity contribution in [2.24, 2.45) is 0 Å². The van der Waals surface area contributed by atoms with Crippen LogP contribution in [0, 0.1) is 0 Å². The van der Waals surface area contributed by atoms with Crippen LogP contribution in [0.3, 0.4) is 0 Å². The highest BCUT2D eigenvalue weighted by molar-refractivity contribution is 6.25. The van der Waals surface area contributed by atoms with E-state index in [1.165, 1.54) is 18.4 Å². The van der Waals surface area contributed by atoms with Crippen LogP contribution in [0.2, 0.25) is 0 Å². The van der Waals surface area contributed by atoms with Crippen LogP contribution in [0.1, 0.15) is 34.8 Å². The molecule has 0 spiro atoms. The number of aromatic nitrogens is 2. The molecule has 1 atom stereocenters. The number of amides is 1. The van der Waals surface area contributed by atoms with Gasteiger partial charge in [-0.2, -0.15) is 0 Å². The maximum atomic E-state index is 11.9. The molecule has 3 aromatic rings. The molecule has 0 saturated carbocycles. The molecule has 4 rings (SSSR count). The first kappa shape index (κ1) is 15.2. The van der Waals surface area contributed by atoms with Crippen LogP contribution in [0.25, 0.3) is 22.4 Å². The number of carbonyl (C=O) groups is 1. The van der Waals surface area contributed by atoms with Crippen LogP contribution in [0.4, 0.5) is 0 Å². The highest BCUT2D eigenvalue weighted by Crippen LogP contribution is 2.27. The quantitative estimate of drug-likeness (QED) is 0.639. The fourth-order valence-corrected chi connectivity index (χ4v) is 3.35. The van der Waals surface area contributed by atoms with Crippen molar-refractivity contribution in [2.45, 2.75) is 18.9 Å². The number of H-pyrrole nitrogens is 1. The molecular weight excluding hydrogens is 324 g/mol. The first-order chi connectivity index (χ1) is 11.8. The molecule has 5 nitrogen and oxygen atoms in total. The summed E-state index contributed by atoms with van der Waals surface area (Å²) in [6.07, 6.45) is 2.41. The molecule has 1 amide bonds. The Morgan fingerprint density at radius 1 is 1.21 bits per heavy atom. The van der Waals surface area contributed by atoms with Crippen molar-refractivity contribution in [2.75, 3.05) is 6.54 Å². The number of para-hydroxylation sites is 1. The number of nitrogens with zero attached hydrogens (tertiary/aromatic N) is 1. The van der Waals surface area contributed by atoms with Crippen molar-refractivity contribution in [1.29, 1.82) is 0 Å². The minimum absolute atomic E-state index is 0.358. The molecule has 1 aromatic heterocycles. The summed E-state index contributed by atoms with van der Waals surface area (Å²) in [5.41, 5.74) is 4.17. The molecule has 2 aromatic carbocycles. The van der Waals surface area contributed by atoms with Crippen molar-refractivity contribution in [3.05, 3.63) is 53.6 Å². The standard InChI is InChI=1S/C18H17ClN4O/c19-23-18(24)13-3-1-4-15-16(13)22-17(21-15)12-8-6-11(7-9-12)14-5-2-10-20-14/h1,3-4,6-9,14,20H,2,5,10H2,(H,21,22)(H,23,24). The summed E-state index contributed by atoms with van der Waals surface area (Å²) >= 11 is 5.45. The Labute approximate surface area is 144 Å². The summed E-state index contributed by atoms with van der Waals surface area (Å²) in [5.74, 6) is 0.383. The highest BCUT2D eigenvalue weighted by Gasteiger charge is 2.17.